The number of esters is 1. The summed E-state index contributed by atoms with van der Waals surface area (Å²) in [6.45, 7) is 3.51. The second-order valence-corrected chi connectivity index (χ2v) is 9.49. The Bertz CT molecular complexity index is 1410. The smallest absolute Gasteiger partial charge is 0.306 e. The molecule has 7 heteroatoms. The van der Waals surface area contributed by atoms with Crippen molar-refractivity contribution in [3.63, 3.8) is 0 Å². The van der Waals surface area contributed by atoms with Gasteiger partial charge in [0.05, 0.1) is 36.9 Å². The van der Waals surface area contributed by atoms with Crippen LogP contribution in [0.15, 0.2) is 60.7 Å². The van der Waals surface area contributed by atoms with Crippen molar-refractivity contribution < 1.29 is 19.4 Å². The van der Waals surface area contributed by atoms with Crippen molar-refractivity contribution >= 4 is 22.7 Å². The highest BCUT2D eigenvalue weighted by Crippen LogP contribution is 2.38. The summed E-state index contributed by atoms with van der Waals surface area (Å²) < 4.78 is 12.9. The number of ether oxygens (including phenoxy) is 2. The molecule has 0 aliphatic carbocycles. The molecule has 3 aromatic carbocycles. The van der Waals surface area contributed by atoms with Gasteiger partial charge in [0.1, 0.15) is 11.6 Å². The molecule has 0 amide bonds. The summed E-state index contributed by atoms with van der Waals surface area (Å²) >= 11 is 0. The number of hydrogen-bond donors (Lipinski definition) is 2. The zero-order valence-corrected chi connectivity index (χ0v) is 21.4. The van der Waals surface area contributed by atoms with E-state index in [9.17, 15) is 9.90 Å². The maximum Gasteiger partial charge on any atom is 0.306 e. The topological polar surface area (TPSA) is 85.6 Å². The second kappa shape index (κ2) is 11.0. The Morgan fingerprint density at radius 2 is 2.03 bits per heavy atom. The number of nitrogens with zero attached hydrogens (tertiary/aromatic N) is 2. The van der Waals surface area contributed by atoms with Gasteiger partial charge in [0.25, 0.3) is 0 Å². The van der Waals surface area contributed by atoms with E-state index in [1.807, 2.05) is 36.4 Å². The molecular formula is C30H33N3O4. The van der Waals surface area contributed by atoms with Crippen LogP contribution in [-0.2, 0) is 22.5 Å². The first-order valence-electron chi connectivity index (χ1n) is 12.8. The Hall–Kier alpha value is -3.84. The number of carbonyl (C=O) groups excluding carboxylic acids is 1. The molecular weight excluding hydrogens is 466 g/mol. The van der Waals surface area contributed by atoms with Crippen molar-refractivity contribution in [1.29, 1.82) is 0 Å². The first-order valence-corrected chi connectivity index (χ1v) is 12.8. The molecule has 0 fully saturated rings. The number of para-hydroxylation sites is 2. The Morgan fingerprint density at radius 3 is 2.86 bits per heavy atom. The molecule has 1 aliphatic heterocycles. The number of anilines is 1. The fourth-order valence-corrected chi connectivity index (χ4v) is 5.05. The van der Waals surface area contributed by atoms with Gasteiger partial charge in [0, 0.05) is 42.8 Å². The second-order valence-electron chi connectivity index (χ2n) is 9.49. The van der Waals surface area contributed by atoms with Crippen LogP contribution < -0.4 is 10.1 Å². The highest BCUT2D eigenvalue weighted by atomic mass is 16.5. The van der Waals surface area contributed by atoms with Crippen molar-refractivity contribution in [3.8, 4) is 11.4 Å². The number of nitrogens with one attached hydrogen (secondary N) is 1. The van der Waals surface area contributed by atoms with Crippen LogP contribution in [0.4, 0.5) is 5.69 Å². The molecule has 0 saturated carbocycles. The molecule has 1 atom stereocenters. The van der Waals surface area contributed by atoms with E-state index >= 15 is 0 Å². The predicted octanol–water partition coefficient (Wildman–Crippen LogP) is 5.30. The van der Waals surface area contributed by atoms with Gasteiger partial charge in [-0.05, 0) is 55.2 Å². The summed E-state index contributed by atoms with van der Waals surface area (Å²) in [7, 11) is 1.41. The minimum absolute atomic E-state index is 0.0343. The van der Waals surface area contributed by atoms with Crippen LogP contribution in [0, 0.1) is 6.92 Å². The summed E-state index contributed by atoms with van der Waals surface area (Å²) in [5.74, 6) is 1.65. The number of methoxy groups -OCH3 is 1. The Morgan fingerprint density at radius 1 is 1.16 bits per heavy atom. The van der Waals surface area contributed by atoms with Crippen molar-refractivity contribution in [1.82, 2.24) is 9.55 Å². The molecule has 0 bridgehead atoms. The molecule has 7 nitrogen and oxygen atoms in total. The van der Waals surface area contributed by atoms with E-state index in [0.29, 0.717) is 19.6 Å². The normalized spacial score (nSPS) is 14.4. The highest BCUT2D eigenvalue weighted by Gasteiger charge is 2.27. The summed E-state index contributed by atoms with van der Waals surface area (Å²) in [6.07, 6.45) is 2.79. The summed E-state index contributed by atoms with van der Waals surface area (Å²) in [5.41, 5.74) is 7.60. The van der Waals surface area contributed by atoms with Crippen molar-refractivity contribution in [2.24, 2.45) is 0 Å². The number of aliphatic hydroxyl groups excluding tert-OH is 1. The van der Waals surface area contributed by atoms with E-state index in [-0.39, 0.29) is 18.5 Å². The van der Waals surface area contributed by atoms with E-state index in [2.05, 4.69) is 41.1 Å². The molecule has 2 heterocycles. The van der Waals surface area contributed by atoms with Crippen molar-refractivity contribution in [2.45, 2.75) is 45.1 Å². The molecule has 0 spiro atoms. The van der Waals surface area contributed by atoms with Gasteiger partial charge in [-0.3, -0.25) is 9.36 Å². The highest BCUT2D eigenvalue weighted by molar-refractivity contribution is 5.78. The SMILES string of the molecule is COC(=O)CC1COc2cc(NCc3cccc(-n4c(CCCCO)nc5ccccc54)c3C)ccc21. The minimum Gasteiger partial charge on any atom is -0.493 e. The first kappa shape index (κ1) is 24.8. The molecule has 0 saturated heterocycles. The molecule has 1 aliphatic rings. The van der Waals surface area contributed by atoms with E-state index in [1.165, 1.54) is 18.2 Å². The van der Waals surface area contributed by atoms with E-state index in [4.69, 9.17) is 14.5 Å². The van der Waals surface area contributed by atoms with Crippen molar-refractivity contribution in [3.05, 3.63) is 83.2 Å². The maximum atomic E-state index is 11.7. The number of aliphatic hydroxyl groups is 1. The summed E-state index contributed by atoms with van der Waals surface area (Å²) in [5, 5.41) is 12.8. The number of hydrogen-bond acceptors (Lipinski definition) is 6. The number of imidazole rings is 1. The standard InChI is InChI=1S/C30H33N3O4/c1-20-21(18-31-23-13-14-24-22(16-30(35)36-2)19-37-28(24)17-23)8-7-11-26(20)33-27-10-4-3-9-25(27)32-29(33)12-5-6-15-34/h3-4,7-11,13-14,17,22,31,34H,5-6,12,15-16,18-19H2,1-2H3. The number of benzene rings is 3. The van der Waals surface area contributed by atoms with E-state index in [1.54, 1.807) is 0 Å². The molecule has 2 N–H and O–H groups in total. The molecule has 1 unspecified atom stereocenters. The lowest BCUT2D eigenvalue weighted by Gasteiger charge is -2.16. The minimum atomic E-state index is -0.221. The fraction of sp³-hybridized carbons (Fsp3) is 0.333. The van der Waals surface area contributed by atoms with Gasteiger partial charge in [-0.2, -0.15) is 0 Å². The van der Waals surface area contributed by atoms with Gasteiger partial charge in [0.15, 0.2) is 0 Å². The summed E-state index contributed by atoms with van der Waals surface area (Å²) in [4.78, 5) is 16.6. The van der Waals surface area contributed by atoms with Gasteiger partial charge in [-0.25, -0.2) is 4.98 Å². The fourth-order valence-electron chi connectivity index (χ4n) is 5.05. The molecule has 1 aromatic heterocycles. The zero-order chi connectivity index (χ0) is 25.8. The molecule has 4 aromatic rings. The average Bonchev–Trinajstić information content (AvgIpc) is 3.49. The molecule has 0 radical (unpaired) electrons. The largest absolute Gasteiger partial charge is 0.493 e. The third-order valence-electron chi connectivity index (χ3n) is 7.11. The number of aromatic nitrogens is 2. The average molecular weight is 500 g/mol. The third kappa shape index (κ3) is 5.18. The van der Waals surface area contributed by atoms with Crippen LogP contribution in [0.5, 0.6) is 5.75 Å². The van der Waals surface area contributed by atoms with Crippen LogP contribution in [0.1, 0.15) is 47.7 Å². The van der Waals surface area contributed by atoms with Crippen LogP contribution in [0.2, 0.25) is 0 Å². The van der Waals surface area contributed by atoms with Gasteiger partial charge < -0.3 is 19.9 Å². The van der Waals surface area contributed by atoms with Gasteiger partial charge in [-0.1, -0.05) is 30.3 Å². The maximum absolute atomic E-state index is 11.7. The van der Waals surface area contributed by atoms with E-state index in [0.717, 1.165) is 58.8 Å². The lowest BCUT2D eigenvalue weighted by molar-refractivity contribution is -0.141. The van der Waals surface area contributed by atoms with Gasteiger partial charge >= 0.3 is 5.97 Å². The van der Waals surface area contributed by atoms with Crippen LogP contribution in [0.25, 0.3) is 16.7 Å². The molecule has 5 rings (SSSR count). The quantitative estimate of drug-likeness (QED) is 0.228. The van der Waals surface area contributed by atoms with Gasteiger partial charge in [0.2, 0.25) is 0 Å². The van der Waals surface area contributed by atoms with Crippen LogP contribution >= 0.6 is 0 Å². The molecule has 192 valence electrons. The third-order valence-corrected chi connectivity index (χ3v) is 7.11. The first-order chi connectivity index (χ1) is 18.1. The Balaban J connectivity index is 1.37. The number of unbranched alkanes of at least 4 members (excludes halogenated alkanes) is 1. The number of fused-ring (bicyclic) bond motifs is 2. The summed E-state index contributed by atoms with van der Waals surface area (Å²) in [6, 6.07) is 20.7. The Kier molecular flexibility index (Phi) is 7.42. The predicted molar refractivity (Wildman–Crippen MR) is 144 cm³/mol. The Labute approximate surface area is 217 Å². The lowest BCUT2D eigenvalue weighted by Crippen LogP contribution is -2.09. The van der Waals surface area contributed by atoms with Gasteiger partial charge in [-0.15, -0.1) is 0 Å². The van der Waals surface area contributed by atoms with Crippen LogP contribution in [-0.4, -0.2) is 41.0 Å². The van der Waals surface area contributed by atoms with Crippen LogP contribution in [0.3, 0.4) is 0 Å². The number of rotatable bonds is 10. The van der Waals surface area contributed by atoms with Crippen molar-refractivity contribution in [2.75, 3.05) is 25.6 Å². The zero-order valence-electron chi connectivity index (χ0n) is 21.4. The monoisotopic (exact) mass is 499 g/mol. The number of aryl methyl sites for hydroxylation is 1. The van der Waals surface area contributed by atoms with E-state index < -0.39 is 0 Å². The number of carbonyl (C=O) groups is 1. The lowest BCUT2D eigenvalue weighted by atomic mass is 9.97. The molecule has 37 heavy (non-hydrogen) atoms.